The molecule has 0 heterocycles. The third-order valence-electron chi connectivity index (χ3n) is 1.26. The Morgan fingerprint density at radius 3 is 1.82 bits per heavy atom. The summed E-state index contributed by atoms with van der Waals surface area (Å²) in [6, 6.07) is 0. The lowest BCUT2D eigenvalue weighted by Gasteiger charge is -1.98. The lowest BCUT2D eigenvalue weighted by Crippen LogP contribution is -1.79. The third kappa shape index (κ3) is 3.56. The molecule has 0 aromatic heterocycles. The highest BCUT2D eigenvalue weighted by molar-refractivity contribution is 5.38. The SMILES string of the molecule is C=C(C)C(=C)/C=C(/F)C(=C)C. The van der Waals surface area contributed by atoms with Crippen LogP contribution >= 0.6 is 0 Å². The Morgan fingerprint density at radius 1 is 1.09 bits per heavy atom. The van der Waals surface area contributed by atoms with Crippen LogP contribution in [0.3, 0.4) is 0 Å². The Bertz CT molecular complexity index is 231. The van der Waals surface area contributed by atoms with Crippen LogP contribution in [-0.4, -0.2) is 0 Å². The molecule has 11 heavy (non-hydrogen) atoms. The minimum Gasteiger partial charge on any atom is -0.207 e. The van der Waals surface area contributed by atoms with Gasteiger partial charge < -0.3 is 0 Å². The predicted octanol–water partition coefficient (Wildman–Crippen LogP) is 3.55. The molecule has 0 rings (SSSR count). The topological polar surface area (TPSA) is 0 Å². The Morgan fingerprint density at radius 2 is 1.55 bits per heavy atom. The molecule has 0 aromatic rings. The lowest BCUT2D eigenvalue weighted by atomic mass is 10.1. The second-order valence-corrected chi connectivity index (χ2v) is 2.58. The van der Waals surface area contributed by atoms with Gasteiger partial charge in [0.25, 0.3) is 0 Å². The van der Waals surface area contributed by atoms with Gasteiger partial charge in [-0.25, -0.2) is 4.39 Å². The molecule has 0 spiro atoms. The van der Waals surface area contributed by atoms with Gasteiger partial charge in [-0.15, -0.1) is 0 Å². The summed E-state index contributed by atoms with van der Waals surface area (Å²) in [5.74, 6) is -0.335. The van der Waals surface area contributed by atoms with Gasteiger partial charge in [0, 0.05) is 0 Å². The van der Waals surface area contributed by atoms with Crippen molar-refractivity contribution in [2.45, 2.75) is 13.8 Å². The molecular weight excluding hydrogens is 139 g/mol. The summed E-state index contributed by atoms with van der Waals surface area (Å²) in [4.78, 5) is 0. The highest BCUT2D eigenvalue weighted by Gasteiger charge is 1.96. The zero-order chi connectivity index (χ0) is 9.02. The first-order chi connectivity index (χ1) is 4.95. The first-order valence-electron chi connectivity index (χ1n) is 3.33. The van der Waals surface area contributed by atoms with Crippen molar-refractivity contribution < 1.29 is 4.39 Å². The molecule has 0 saturated heterocycles. The molecule has 1 heteroatoms. The molecule has 0 aliphatic carbocycles. The maximum absolute atomic E-state index is 12.8. The number of hydrogen-bond donors (Lipinski definition) is 0. The van der Waals surface area contributed by atoms with E-state index in [0.717, 1.165) is 5.57 Å². The van der Waals surface area contributed by atoms with Crippen molar-refractivity contribution >= 4 is 0 Å². The fourth-order valence-electron chi connectivity index (χ4n) is 0.399. The largest absolute Gasteiger partial charge is 0.207 e. The normalized spacial score (nSPS) is 11.0. The van der Waals surface area contributed by atoms with Crippen LogP contribution in [0.2, 0.25) is 0 Å². The van der Waals surface area contributed by atoms with Crippen molar-refractivity contribution in [3.63, 3.8) is 0 Å². The van der Waals surface area contributed by atoms with Crippen LogP contribution in [0.5, 0.6) is 0 Å². The Balaban J connectivity index is 4.44. The zero-order valence-electron chi connectivity index (χ0n) is 7.08. The molecule has 60 valence electrons. The molecule has 0 radical (unpaired) electrons. The van der Waals surface area contributed by atoms with Crippen molar-refractivity contribution in [2.75, 3.05) is 0 Å². The summed E-state index contributed by atoms with van der Waals surface area (Å²) < 4.78 is 12.8. The van der Waals surface area contributed by atoms with E-state index in [-0.39, 0.29) is 5.83 Å². The van der Waals surface area contributed by atoms with E-state index in [4.69, 9.17) is 0 Å². The highest BCUT2D eigenvalue weighted by atomic mass is 19.1. The molecule has 0 saturated carbocycles. The van der Waals surface area contributed by atoms with E-state index in [0.29, 0.717) is 11.1 Å². The first kappa shape index (κ1) is 9.89. The number of hydrogen-bond acceptors (Lipinski definition) is 0. The number of rotatable bonds is 3. The van der Waals surface area contributed by atoms with Crippen molar-refractivity contribution in [3.8, 4) is 0 Å². The van der Waals surface area contributed by atoms with Crippen LogP contribution in [0.1, 0.15) is 13.8 Å². The number of allylic oxidation sites excluding steroid dienone is 5. The monoisotopic (exact) mass is 152 g/mol. The molecule has 0 amide bonds. The molecule has 0 atom stereocenters. The maximum atomic E-state index is 12.8. The Hall–Kier alpha value is -1.11. The second-order valence-electron chi connectivity index (χ2n) is 2.58. The van der Waals surface area contributed by atoms with Crippen LogP contribution in [-0.2, 0) is 0 Å². The highest BCUT2D eigenvalue weighted by Crippen LogP contribution is 2.14. The van der Waals surface area contributed by atoms with E-state index in [9.17, 15) is 4.39 Å². The molecule has 0 fully saturated rings. The second kappa shape index (κ2) is 3.91. The molecule has 0 N–H and O–H groups in total. The number of halogens is 1. The van der Waals surface area contributed by atoms with Gasteiger partial charge >= 0.3 is 0 Å². The van der Waals surface area contributed by atoms with Crippen molar-refractivity contribution in [1.29, 1.82) is 0 Å². The minimum absolute atomic E-state index is 0.335. The summed E-state index contributed by atoms with van der Waals surface area (Å²) in [7, 11) is 0. The van der Waals surface area contributed by atoms with E-state index in [1.807, 2.05) is 0 Å². The van der Waals surface area contributed by atoms with Crippen LogP contribution in [0.4, 0.5) is 4.39 Å². The van der Waals surface area contributed by atoms with Crippen molar-refractivity contribution in [3.05, 3.63) is 48.4 Å². The van der Waals surface area contributed by atoms with Gasteiger partial charge in [-0.05, 0) is 31.1 Å². The van der Waals surface area contributed by atoms with E-state index < -0.39 is 0 Å². The van der Waals surface area contributed by atoms with Crippen molar-refractivity contribution in [1.82, 2.24) is 0 Å². The zero-order valence-corrected chi connectivity index (χ0v) is 7.08. The van der Waals surface area contributed by atoms with Gasteiger partial charge in [-0.2, -0.15) is 0 Å². The van der Waals surface area contributed by atoms with Gasteiger partial charge in [-0.3, -0.25) is 0 Å². The maximum Gasteiger partial charge on any atom is 0.126 e. The summed E-state index contributed by atoms with van der Waals surface area (Å²) in [6.07, 6.45) is 1.34. The van der Waals surface area contributed by atoms with E-state index in [1.54, 1.807) is 13.8 Å². The van der Waals surface area contributed by atoms with E-state index >= 15 is 0 Å². The summed E-state index contributed by atoms with van der Waals surface area (Å²) in [5.41, 5.74) is 1.78. The molecule has 0 aromatic carbocycles. The van der Waals surface area contributed by atoms with Crippen LogP contribution < -0.4 is 0 Å². The third-order valence-corrected chi connectivity index (χ3v) is 1.26. The predicted molar refractivity (Wildman–Crippen MR) is 48.0 cm³/mol. The lowest BCUT2D eigenvalue weighted by molar-refractivity contribution is 0.652. The average Bonchev–Trinajstić information content (AvgIpc) is 1.87. The molecule has 0 unspecified atom stereocenters. The molecule has 0 bridgehead atoms. The summed E-state index contributed by atoms with van der Waals surface area (Å²) in [5, 5.41) is 0. The summed E-state index contributed by atoms with van der Waals surface area (Å²) >= 11 is 0. The quantitative estimate of drug-likeness (QED) is 0.542. The van der Waals surface area contributed by atoms with E-state index in [1.165, 1.54) is 6.08 Å². The van der Waals surface area contributed by atoms with Gasteiger partial charge in [0.1, 0.15) is 5.83 Å². The minimum atomic E-state index is -0.335. The average molecular weight is 152 g/mol. The van der Waals surface area contributed by atoms with Gasteiger partial charge in [-0.1, -0.05) is 25.3 Å². The van der Waals surface area contributed by atoms with Gasteiger partial charge in [0.15, 0.2) is 0 Å². The van der Waals surface area contributed by atoms with Crippen LogP contribution in [0.15, 0.2) is 48.4 Å². The van der Waals surface area contributed by atoms with Crippen LogP contribution in [0.25, 0.3) is 0 Å². The molecule has 0 aliphatic rings. The molecular formula is C10H13F. The smallest absolute Gasteiger partial charge is 0.126 e. The fraction of sp³-hybridized carbons (Fsp3) is 0.200. The van der Waals surface area contributed by atoms with Gasteiger partial charge in [0.05, 0.1) is 0 Å². The van der Waals surface area contributed by atoms with Crippen LogP contribution in [0, 0.1) is 0 Å². The van der Waals surface area contributed by atoms with E-state index in [2.05, 4.69) is 19.7 Å². The Kier molecular flexibility index (Phi) is 3.52. The first-order valence-corrected chi connectivity index (χ1v) is 3.33. The van der Waals surface area contributed by atoms with Crippen molar-refractivity contribution in [2.24, 2.45) is 0 Å². The standard InChI is InChI=1S/C10H13F/c1-7(2)9(5)6-10(11)8(3)4/h6H,1,3,5H2,2,4H3/b10-6+. The Labute approximate surface area is 67.4 Å². The fourth-order valence-corrected chi connectivity index (χ4v) is 0.399. The molecule has 0 aliphatic heterocycles. The molecule has 0 nitrogen and oxygen atoms in total. The van der Waals surface area contributed by atoms with Gasteiger partial charge in [0.2, 0.25) is 0 Å². The summed E-state index contributed by atoms with van der Waals surface area (Å²) in [6.45, 7) is 14.1.